The molecule has 0 saturated carbocycles. The number of aliphatic hydroxyl groups excluding tert-OH is 1. The molecule has 1 spiro atoms. The molecule has 1 aromatic carbocycles. The van der Waals surface area contributed by atoms with Crippen LogP contribution in [0.15, 0.2) is 35.3 Å². The lowest BCUT2D eigenvalue weighted by atomic mass is 9.98. The zero-order chi connectivity index (χ0) is 15.4. The molecule has 2 aliphatic rings. The Morgan fingerprint density at radius 1 is 1.29 bits per heavy atom. The highest BCUT2D eigenvalue weighted by Crippen LogP contribution is 2.46. The number of hydrogen-bond donors (Lipinski definition) is 2. The molecule has 0 aromatic heterocycles. The van der Waals surface area contributed by atoms with Gasteiger partial charge in [-0.3, -0.25) is 0 Å². The standard InChI is InChI=1S/C16H17NO4/c1-8-5-6-12-14(10(8)3)21-16(17-12)7-9(2)20-15(19)13(16)11(4)18/h5-7,17-18H,1-4H3/b13-11+. The predicted octanol–water partition coefficient (Wildman–Crippen LogP) is 3.10. The smallest absolute Gasteiger partial charge is 0.349 e. The number of fused-ring (bicyclic) bond motifs is 1. The highest BCUT2D eigenvalue weighted by Gasteiger charge is 2.49. The van der Waals surface area contributed by atoms with Gasteiger partial charge >= 0.3 is 5.97 Å². The van der Waals surface area contributed by atoms with Gasteiger partial charge in [0.15, 0.2) is 0 Å². The fourth-order valence-corrected chi connectivity index (χ4v) is 2.74. The summed E-state index contributed by atoms with van der Waals surface area (Å²) in [6.07, 6.45) is 1.66. The van der Waals surface area contributed by atoms with Gasteiger partial charge in [-0.1, -0.05) is 6.07 Å². The van der Waals surface area contributed by atoms with Gasteiger partial charge in [0, 0.05) is 6.08 Å². The number of hydrogen-bond acceptors (Lipinski definition) is 5. The SMILES string of the molecule is CC1=CC2(Nc3ccc(C)c(C)c3O2)/C(=C(\C)O)C(=O)O1. The molecule has 0 amide bonds. The number of cyclic esters (lactones) is 1. The van der Waals surface area contributed by atoms with E-state index < -0.39 is 11.7 Å². The van der Waals surface area contributed by atoms with E-state index in [0.717, 1.165) is 16.8 Å². The van der Waals surface area contributed by atoms with Crippen LogP contribution in [-0.4, -0.2) is 16.8 Å². The molecule has 1 aromatic rings. The topological polar surface area (TPSA) is 67.8 Å². The summed E-state index contributed by atoms with van der Waals surface area (Å²) < 4.78 is 11.1. The van der Waals surface area contributed by atoms with E-state index in [2.05, 4.69) is 5.32 Å². The Hall–Kier alpha value is -2.43. The number of anilines is 1. The van der Waals surface area contributed by atoms with Gasteiger partial charge < -0.3 is 19.9 Å². The molecule has 3 rings (SSSR count). The van der Waals surface area contributed by atoms with Crippen LogP contribution in [0.1, 0.15) is 25.0 Å². The summed E-state index contributed by atoms with van der Waals surface area (Å²) in [5.74, 6) is 0.385. The fraction of sp³-hybridized carbons (Fsp3) is 0.312. The molecule has 0 saturated heterocycles. The number of benzene rings is 1. The Morgan fingerprint density at radius 2 is 2.00 bits per heavy atom. The number of allylic oxidation sites excluding steroid dienone is 2. The van der Waals surface area contributed by atoms with Crippen LogP contribution in [0.2, 0.25) is 0 Å². The quantitative estimate of drug-likeness (QED) is 0.436. The molecule has 2 heterocycles. The monoisotopic (exact) mass is 287 g/mol. The second-order valence-electron chi connectivity index (χ2n) is 5.45. The Morgan fingerprint density at radius 3 is 2.67 bits per heavy atom. The fourth-order valence-electron chi connectivity index (χ4n) is 2.74. The van der Waals surface area contributed by atoms with Crippen molar-refractivity contribution >= 4 is 11.7 Å². The number of esters is 1. The highest BCUT2D eigenvalue weighted by atomic mass is 16.6. The number of nitrogens with one attached hydrogen (secondary N) is 1. The minimum atomic E-state index is -1.21. The molecule has 0 radical (unpaired) electrons. The molecule has 0 bridgehead atoms. The number of rotatable bonds is 0. The molecule has 2 aliphatic heterocycles. The van der Waals surface area contributed by atoms with Gasteiger partial charge in [0.1, 0.15) is 22.8 Å². The number of aliphatic hydroxyl groups is 1. The second-order valence-corrected chi connectivity index (χ2v) is 5.45. The minimum Gasteiger partial charge on any atom is -0.512 e. The van der Waals surface area contributed by atoms with Crippen LogP contribution >= 0.6 is 0 Å². The first-order valence-electron chi connectivity index (χ1n) is 6.73. The molecule has 0 aliphatic carbocycles. The molecule has 110 valence electrons. The normalized spacial score (nSPS) is 25.7. The van der Waals surface area contributed by atoms with Crippen LogP contribution in [0.5, 0.6) is 5.75 Å². The maximum Gasteiger partial charge on any atom is 0.349 e. The molecule has 1 unspecified atom stereocenters. The van der Waals surface area contributed by atoms with Crippen molar-refractivity contribution < 1.29 is 19.4 Å². The Kier molecular flexibility index (Phi) is 2.76. The predicted molar refractivity (Wildman–Crippen MR) is 78.1 cm³/mol. The van der Waals surface area contributed by atoms with Gasteiger partial charge in [0.25, 0.3) is 0 Å². The van der Waals surface area contributed by atoms with Crippen molar-refractivity contribution in [2.45, 2.75) is 33.4 Å². The summed E-state index contributed by atoms with van der Waals surface area (Å²) in [6.45, 7) is 7.07. The van der Waals surface area contributed by atoms with Crippen LogP contribution < -0.4 is 10.1 Å². The Balaban J connectivity index is 2.19. The molecular weight excluding hydrogens is 270 g/mol. The van der Waals surface area contributed by atoms with E-state index in [1.165, 1.54) is 6.92 Å². The number of ether oxygens (including phenoxy) is 2. The third-order valence-electron chi connectivity index (χ3n) is 3.86. The third kappa shape index (κ3) is 1.88. The Labute approximate surface area is 122 Å². The zero-order valence-electron chi connectivity index (χ0n) is 12.4. The van der Waals surface area contributed by atoms with E-state index in [1.54, 1.807) is 13.0 Å². The van der Waals surface area contributed by atoms with Crippen LogP contribution in [0, 0.1) is 13.8 Å². The van der Waals surface area contributed by atoms with Gasteiger partial charge in [0.2, 0.25) is 5.72 Å². The van der Waals surface area contributed by atoms with E-state index in [0.29, 0.717) is 11.5 Å². The molecule has 0 fully saturated rings. The summed E-state index contributed by atoms with van der Waals surface area (Å²) in [5, 5.41) is 13.1. The first-order chi connectivity index (χ1) is 9.84. The van der Waals surface area contributed by atoms with Crippen molar-refractivity contribution in [1.29, 1.82) is 0 Å². The lowest BCUT2D eigenvalue weighted by molar-refractivity contribution is -0.138. The van der Waals surface area contributed by atoms with E-state index in [-0.39, 0.29) is 11.3 Å². The van der Waals surface area contributed by atoms with Gasteiger partial charge in [-0.05, 0) is 44.9 Å². The molecule has 21 heavy (non-hydrogen) atoms. The van der Waals surface area contributed by atoms with Crippen molar-refractivity contribution in [3.63, 3.8) is 0 Å². The summed E-state index contributed by atoms with van der Waals surface area (Å²) in [5.41, 5.74) is 1.74. The number of carbonyl (C=O) groups is 1. The van der Waals surface area contributed by atoms with Crippen LogP contribution in [0.25, 0.3) is 0 Å². The first-order valence-corrected chi connectivity index (χ1v) is 6.73. The summed E-state index contributed by atoms with van der Waals surface area (Å²) in [6, 6.07) is 3.89. The highest BCUT2D eigenvalue weighted by molar-refractivity contribution is 5.95. The minimum absolute atomic E-state index is 0.0707. The van der Waals surface area contributed by atoms with Crippen molar-refractivity contribution in [2.75, 3.05) is 5.32 Å². The van der Waals surface area contributed by atoms with Crippen molar-refractivity contribution in [3.05, 3.63) is 46.4 Å². The maximum atomic E-state index is 12.1. The molecule has 5 nitrogen and oxygen atoms in total. The van der Waals surface area contributed by atoms with Crippen molar-refractivity contribution in [2.24, 2.45) is 0 Å². The van der Waals surface area contributed by atoms with Gasteiger partial charge in [-0.15, -0.1) is 0 Å². The zero-order valence-corrected chi connectivity index (χ0v) is 12.4. The average Bonchev–Trinajstić information content (AvgIpc) is 2.71. The van der Waals surface area contributed by atoms with Gasteiger partial charge in [-0.25, -0.2) is 4.79 Å². The Bertz CT molecular complexity index is 713. The van der Waals surface area contributed by atoms with E-state index in [4.69, 9.17) is 9.47 Å². The lowest BCUT2D eigenvalue weighted by Gasteiger charge is -2.31. The molecule has 2 N–H and O–H groups in total. The summed E-state index contributed by atoms with van der Waals surface area (Å²) >= 11 is 0. The van der Waals surface area contributed by atoms with Crippen LogP contribution in [0.3, 0.4) is 0 Å². The van der Waals surface area contributed by atoms with Crippen LogP contribution in [-0.2, 0) is 9.53 Å². The summed E-state index contributed by atoms with van der Waals surface area (Å²) in [7, 11) is 0. The van der Waals surface area contributed by atoms with Gasteiger partial charge in [-0.2, -0.15) is 0 Å². The van der Waals surface area contributed by atoms with E-state index in [1.807, 2.05) is 26.0 Å². The van der Waals surface area contributed by atoms with E-state index >= 15 is 0 Å². The number of carbonyl (C=O) groups excluding carboxylic acids is 1. The van der Waals surface area contributed by atoms with Crippen LogP contribution in [0.4, 0.5) is 5.69 Å². The second kappa shape index (κ2) is 4.28. The first kappa shape index (κ1) is 13.5. The number of aryl methyl sites for hydroxylation is 1. The summed E-state index contributed by atoms with van der Waals surface area (Å²) in [4.78, 5) is 12.1. The average molecular weight is 287 g/mol. The van der Waals surface area contributed by atoms with E-state index in [9.17, 15) is 9.90 Å². The van der Waals surface area contributed by atoms with Crippen molar-refractivity contribution in [3.8, 4) is 5.75 Å². The molecule has 5 heteroatoms. The molecule has 1 atom stereocenters. The third-order valence-corrected chi connectivity index (χ3v) is 3.86. The van der Waals surface area contributed by atoms with Gasteiger partial charge in [0.05, 0.1) is 5.69 Å². The maximum absolute atomic E-state index is 12.1. The molecular formula is C16H17NO4. The lowest BCUT2D eigenvalue weighted by Crippen LogP contribution is -2.47. The van der Waals surface area contributed by atoms with Crippen molar-refractivity contribution in [1.82, 2.24) is 0 Å². The largest absolute Gasteiger partial charge is 0.512 e.